The highest BCUT2D eigenvalue weighted by molar-refractivity contribution is 7.89. The van der Waals surface area contributed by atoms with Gasteiger partial charge in [0.1, 0.15) is 5.75 Å². The van der Waals surface area contributed by atoms with Crippen molar-refractivity contribution in [1.82, 2.24) is 9.29 Å². The van der Waals surface area contributed by atoms with Crippen molar-refractivity contribution in [2.75, 3.05) is 32.1 Å². The van der Waals surface area contributed by atoms with Crippen molar-refractivity contribution >= 4 is 38.4 Å². The number of hydrogen-bond donors (Lipinski definition) is 1. The zero-order valence-electron chi connectivity index (χ0n) is 19.1. The van der Waals surface area contributed by atoms with Gasteiger partial charge in [0.2, 0.25) is 10.0 Å². The molecule has 1 aliphatic rings. The highest BCUT2D eigenvalue weighted by Gasteiger charge is 2.26. The van der Waals surface area contributed by atoms with Crippen LogP contribution in [0.2, 0.25) is 0 Å². The molecular formula is C24H25N3O6S2. The van der Waals surface area contributed by atoms with E-state index in [0.717, 1.165) is 30.6 Å². The standard InChI is InChI=1S/C24H25N3O6S2/c1-32-19-10-8-17(9-11-19)21-16-34-24(25-21)26-22(28)15-33-23(29)18-6-5-7-20(14-18)35(30,31)27-12-3-2-4-13-27/h5-11,14,16H,2-4,12-13,15H2,1H3,(H,25,26,28). The van der Waals surface area contributed by atoms with Crippen LogP contribution in [0.4, 0.5) is 5.13 Å². The molecule has 2 heterocycles. The van der Waals surface area contributed by atoms with Crippen LogP contribution in [-0.4, -0.2) is 56.4 Å². The van der Waals surface area contributed by atoms with Gasteiger partial charge < -0.3 is 9.47 Å². The average Bonchev–Trinajstić information content (AvgIpc) is 3.36. The quantitative estimate of drug-likeness (QED) is 0.454. The molecule has 11 heteroatoms. The summed E-state index contributed by atoms with van der Waals surface area (Å²) >= 11 is 1.25. The summed E-state index contributed by atoms with van der Waals surface area (Å²) in [7, 11) is -2.09. The number of carbonyl (C=O) groups is 2. The highest BCUT2D eigenvalue weighted by atomic mass is 32.2. The lowest BCUT2D eigenvalue weighted by molar-refractivity contribution is -0.119. The summed E-state index contributed by atoms with van der Waals surface area (Å²) in [4.78, 5) is 29.1. The van der Waals surface area contributed by atoms with E-state index in [9.17, 15) is 18.0 Å². The van der Waals surface area contributed by atoms with Gasteiger partial charge in [0.05, 0.1) is 23.3 Å². The Labute approximate surface area is 207 Å². The zero-order valence-corrected chi connectivity index (χ0v) is 20.7. The molecule has 1 aromatic heterocycles. The Balaban J connectivity index is 1.33. The highest BCUT2D eigenvalue weighted by Crippen LogP contribution is 2.26. The largest absolute Gasteiger partial charge is 0.497 e. The number of nitrogens with zero attached hydrogens (tertiary/aromatic N) is 2. The Hall–Kier alpha value is -3.28. The second-order valence-electron chi connectivity index (χ2n) is 7.88. The van der Waals surface area contributed by atoms with Crippen LogP contribution in [0.3, 0.4) is 0 Å². The van der Waals surface area contributed by atoms with Crippen molar-refractivity contribution in [1.29, 1.82) is 0 Å². The molecule has 184 valence electrons. The molecule has 9 nitrogen and oxygen atoms in total. The number of carbonyl (C=O) groups excluding carboxylic acids is 2. The van der Waals surface area contributed by atoms with E-state index in [2.05, 4.69) is 10.3 Å². The summed E-state index contributed by atoms with van der Waals surface area (Å²) in [6.45, 7) is 0.404. The average molecular weight is 516 g/mol. The molecule has 0 atom stereocenters. The maximum Gasteiger partial charge on any atom is 0.338 e. The fourth-order valence-corrected chi connectivity index (χ4v) is 5.93. The lowest BCUT2D eigenvalue weighted by atomic mass is 10.2. The molecule has 1 N–H and O–H groups in total. The monoisotopic (exact) mass is 515 g/mol. The van der Waals surface area contributed by atoms with Crippen LogP contribution in [0, 0.1) is 0 Å². The number of piperidine rings is 1. The smallest absolute Gasteiger partial charge is 0.338 e. The number of aromatic nitrogens is 1. The SMILES string of the molecule is COc1ccc(-c2csc(NC(=O)COC(=O)c3cccc(S(=O)(=O)N4CCCCC4)c3)n2)cc1. The van der Waals surface area contributed by atoms with E-state index in [1.165, 1.54) is 39.9 Å². The van der Waals surface area contributed by atoms with E-state index in [4.69, 9.17) is 9.47 Å². The summed E-state index contributed by atoms with van der Waals surface area (Å²) in [6, 6.07) is 13.0. The van der Waals surface area contributed by atoms with E-state index in [1.54, 1.807) is 12.5 Å². The number of amides is 1. The van der Waals surface area contributed by atoms with Crippen LogP contribution in [0.1, 0.15) is 29.6 Å². The maximum atomic E-state index is 12.9. The zero-order chi connectivity index (χ0) is 24.8. The first-order valence-corrected chi connectivity index (χ1v) is 13.4. The predicted molar refractivity (Wildman–Crippen MR) is 132 cm³/mol. The van der Waals surface area contributed by atoms with Crippen molar-refractivity contribution in [2.24, 2.45) is 0 Å². The Morgan fingerprint density at radius 3 is 2.54 bits per heavy atom. The summed E-state index contributed by atoms with van der Waals surface area (Å²) < 4.78 is 37.4. The Kier molecular flexibility index (Phi) is 7.79. The first-order valence-electron chi connectivity index (χ1n) is 11.0. The molecule has 1 saturated heterocycles. The molecule has 0 aliphatic carbocycles. The van der Waals surface area contributed by atoms with E-state index in [0.29, 0.717) is 23.9 Å². The molecule has 4 rings (SSSR count). The minimum Gasteiger partial charge on any atom is -0.497 e. The number of benzene rings is 2. The van der Waals surface area contributed by atoms with E-state index in [-0.39, 0.29) is 10.5 Å². The van der Waals surface area contributed by atoms with Gasteiger partial charge in [-0.2, -0.15) is 4.31 Å². The van der Waals surface area contributed by atoms with Crippen molar-refractivity contribution < 1.29 is 27.5 Å². The van der Waals surface area contributed by atoms with Gasteiger partial charge in [-0.3, -0.25) is 10.1 Å². The van der Waals surface area contributed by atoms with Crippen LogP contribution in [0.5, 0.6) is 5.75 Å². The van der Waals surface area contributed by atoms with Crippen molar-refractivity contribution in [3.05, 3.63) is 59.5 Å². The number of rotatable bonds is 8. The summed E-state index contributed by atoms with van der Waals surface area (Å²) in [5.74, 6) is -0.603. The molecule has 0 bridgehead atoms. The second-order valence-corrected chi connectivity index (χ2v) is 10.7. The maximum absolute atomic E-state index is 12.9. The number of nitrogens with one attached hydrogen (secondary N) is 1. The first kappa shape index (κ1) is 24.8. The summed E-state index contributed by atoms with van der Waals surface area (Å²) in [6.07, 6.45) is 2.64. The third-order valence-electron chi connectivity index (χ3n) is 5.49. The van der Waals surface area contributed by atoms with Crippen molar-refractivity contribution in [3.8, 4) is 17.0 Å². The van der Waals surface area contributed by atoms with Crippen molar-refractivity contribution in [2.45, 2.75) is 24.2 Å². The first-order chi connectivity index (χ1) is 16.9. The van der Waals surface area contributed by atoms with Gasteiger partial charge in [-0.25, -0.2) is 18.2 Å². The third kappa shape index (κ3) is 6.05. The topological polar surface area (TPSA) is 115 Å². The Bertz CT molecular complexity index is 1300. The van der Waals surface area contributed by atoms with Crippen LogP contribution in [0.15, 0.2) is 58.8 Å². The number of thiazole rings is 1. The number of ether oxygens (including phenoxy) is 2. The molecule has 0 spiro atoms. The molecule has 2 aromatic carbocycles. The van der Waals surface area contributed by atoms with Gasteiger partial charge in [-0.15, -0.1) is 11.3 Å². The summed E-state index contributed by atoms with van der Waals surface area (Å²) in [5, 5.41) is 4.77. The molecule has 1 amide bonds. The van der Waals surface area contributed by atoms with Gasteiger partial charge in [0.25, 0.3) is 5.91 Å². The number of anilines is 1. The van der Waals surface area contributed by atoms with Gasteiger partial charge >= 0.3 is 5.97 Å². The van der Waals surface area contributed by atoms with E-state index in [1.807, 2.05) is 24.3 Å². The number of sulfonamides is 1. The molecule has 3 aromatic rings. The third-order valence-corrected chi connectivity index (χ3v) is 8.15. The minimum absolute atomic E-state index is 0.0344. The predicted octanol–water partition coefficient (Wildman–Crippen LogP) is 3.79. The number of esters is 1. The van der Waals surface area contributed by atoms with E-state index < -0.39 is 28.5 Å². The molecular weight excluding hydrogens is 490 g/mol. The molecule has 35 heavy (non-hydrogen) atoms. The fourth-order valence-electron chi connectivity index (χ4n) is 3.63. The molecule has 1 fully saturated rings. The Morgan fingerprint density at radius 2 is 1.83 bits per heavy atom. The summed E-state index contributed by atoms with van der Waals surface area (Å²) in [5.41, 5.74) is 1.62. The van der Waals surface area contributed by atoms with E-state index >= 15 is 0 Å². The number of methoxy groups -OCH3 is 1. The molecule has 0 unspecified atom stereocenters. The number of hydrogen-bond acceptors (Lipinski definition) is 8. The van der Waals surface area contributed by atoms with Crippen LogP contribution in [0.25, 0.3) is 11.3 Å². The second kappa shape index (κ2) is 11.0. The van der Waals surface area contributed by atoms with Crippen LogP contribution >= 0.6 is 11.3 Å². The van der Waals surface area contributed by atoms with Crippen LogP contribution < -0.4 is 10.1 Å². The fraction of sp³-hybridized carbons (Fsp3) is 0.292. The lowest BCUT2D eigenvalue weighted by Gasteiger charge is -2.25. The normalized spacial score (nSPS) is 14.3. The van der Waals surface area contributed by atoms with Gasteiger partial charge in [-0.05, 0) is 55.3 Å². The van der Waals surface area contributed by atoms with Crippen molar-refractivity contribution in [3.63, 3.8) is 0 Å². The van der Waals surface area contributed by atoms with Gasteiger partial charge in [0, 0.05) is 24.0 Å². The molecule has 0 radical (unpaired) electrons. The molecule has 1 aliphatic heterocycles. The molecule has 0 saturated carbocycles. The van der Waals surface area contributed by atoms with Crippen LogP contribution in [-0.2, 0) is 19.6 Å². The Morgan fingerprint density at radius 1 is 1.09 bits per heavy atom. The van der Waals surface area contributed by atoms with Gasteiger partial charge in [-0.1, -0.05) is 12.5 Å². The lowest BCUT2D eigenvalue weighted by Crippen LogP contribution is -2.35. The minimum atomic E-state index is -3.68. The van der Waals surface area contributed by atoms with Gasteiger partial charge in [0.15, 0.2) is 11.7 Å².